The number of rotatable bonds is 5. The van der Waals surface area contributed by atoms with Gasteiger partial charge in [-0.05, 0) is 30.9 Å². The quantitative estimate of drug-likeness (QED) is 0.588. The van der Waals surface area contributed by atoms with Gasteiger partial charge in [-0.25, -0.2) is 0 Å². The Morgan fingerprint density at radius 2 is 1.69 bits per heavy atom. The van der Waals surface area contributed by atoms with Crippen LogP contribution < -0.4 is 4.74 Å². The summed E-state index contributed by atoms with van der Waals surface area (Å²) in [5.74, 6) is 0.989. The second-order valence-corrected chi connectivity index (χ2v) is 9.24. The maximum absolute atomic E-state index is 6.25. The Morgan fingerprint density at radius 1 is 0.962 bits per heavy atom. The molecule has 0 amide bonds. The third-order valence-corrected chi connectivity index (χ3v) is 6.48. The SMILES string of the molecule is CC1(C)S[C@H](COc2cccc3ccccc23)CN1Cc1ccccc1. The molecule has 0 radical (unpaired) electrons. The number of nitrogens with zero attached hydrogens (tertiary/aromatic N) is 1. The molecule has 0 N–H and O–H groups in total. The van der Waals surface area contributed by atoms with E-state index in [-0.39, 0.29) is 4.87 Å². The maximum atomic E-state index is 6.25. The average molecular weight is 364 g/mol. The summed E-state index contributed by atoms with van der Waals surface area (Å²) in [7, 11) is 0. The molecule has 1 aliphatic rings. The summed E-state index contributed by atoms with van der Waals surface area (Å²) in [6, 6.07) is 25.4. The molecule has 0 saturated carbocycles. The van der Waals surface area contributed by atoms with Gasteiger partial charge in [0, 0.05) is 18.5 Å². The fraction of sp³-hybridized carbons (Fsp3) is 0.304. The predicted octanol–water partition coefficient (Wildman–Crippen LogP) is 5.57. The van der Waals surface area contributed by atoms with E-state index < -0.39 is 0 Å². The Balaban J connectivity index is 1.43. The van der Waals surface area contributed by atoms with Gasteiger partial charge in [-0.3, -0.25) is 4.90 Å². The highest BCUT2D eigenvalue weighted by molar-refractivity contribution is 8.01. The topological polar surface area (TPSA) is 12.5 Å². The lowest BCUT2D eigenvalue weighted by molar-refractivity contribution is 0.197. The van der Waals surface area contributed by atoms with Gasteiger partial charge in [-0.1, -0.05) is 66.7 Å². The first-order valence-corrected chi connectivity index (χ1v) is 10.1. The van der Waals surface area contributed by atoms with Crippen molar-refractivity contribution in [1.82, 2.24) is 4.90 Å². The zero-order valence-electron chi connectivity index (χ0n) is 15.4. The first kappa shape index (κ1) is 17.4. The Kier molecular flexibility index (Phi) is 4.92. The summed E-state index contributed by atoms with van der Waals surface area (Å²) in [5.41, 5.74) is 1.37. The monoisotopic (exact) mass is 363 g/mol. The Bertz CT molecular complexity index is 872. The predicted molar refractivity (Wildman–Crippen MR) is 112 cm³/mol. The molecule has 1 aliphatic heterocycles. The first-order chi connectivity index (χ1) is 12.6. The van der Waals surface area contributed by atoms with E-state index in [0.29, 0.717) is 5.25 Å². The molecule has 1 heterocycles. The molecular formula is C23H25NOS. The molecule has 1 saturated heterocycles. The Labute approximate surface area is 160 Å². The van der Waals surface area contributed by atoms with Gasteiger partial charge in [0.25, 0.3) is 0 Å². The molecule has 1 atom stereocenters. The number of hydrogen-bond acceptors (Lipinski definition) is 3. The molecule has 0 aliphatic carbocycles. The fourth-order valence-corrected chi connectivity index (χ4v) is 5.13. The van der Waals surface area contributed by atoms with E-state index in [2.05, 4.69) is 91.5 Å². The van der Waals surface area contributed by atoms with E-state index in [1.54, 1.807) is 0 Å². The zero-order valence-corrected chi connectivity index (χ0v) is 16.2. The number of ether oxygens (including phenoxy) is 1. The van der Waals surface area contributed by atoms with Gasteiger partial charge in [-0.2, -0.15) is 0 Å². The van der Waals surface area contributed by atoms with Gasteiger partial charge in [0.15, 0.2) is 0 Å². The van der Waals surface area contributed by atoms with Crippen molar-refractivity contribution in [3.8, 4) is 5.75 Å². The lowest BCUT2D eigenvalue weighted by Gasteiger charge is -2.30. The van der Waals surface area contributed by atoms with Crippen LogP contribution in [0.3, 0.4) is 0 Å². The first-order valence-electron chi connectivity index (χ1n) is 9.19. The van der Waals surface area contributed by atoms with Crippen molar-refractivity contribution in [2.45, 2.75) is 30.5 Å². The van der Waals surface area contributed by atoms with E-state index in [0.717, 1.165) is 25.4 Å². The van der Waals surface area contributed by atoms with Crippen LogP contribution in [0.4, 0.5) is 0 Å². The number of hydrogen-bond donors (Lipinski definition) is 0. The maximum Gasteiger partial charge on any atom is 0.127 e. The lowest BCUT2D eigenvalue weighted by atomic mass is 10.1. The van der Waals surface area contributed by atoms with E-state index in [1.165, 1.54) is 16.3 Å². The van der Waals surface area contributed by atoms with E-state index >= 15 is 0 Å². The summed E-state index contributed by atoms with van der Waals surface area (Å²) >= 11 is 2.02. The molecule has 3 aromatic rings. The second kappa shape index (κ2) is 7.34. The number of thioether (sulfide) groups is 1. The van der Waals surface area contributed by atoms with Crippen LogP contribution in [-0.4, -0.2) is 28.2 Å². The van der Waals surface area contributed by atoms with Crippen molar-refractivity contribution in [2.75, 3.05) is 13.2 Å². The Morgan fingerprint density at radius 3 is 2.54 bits per heavy atom. The molecule has 0 aromatic heterocycles. The van der Waals surface area contributed by atoms with Crippen LogP contribution in [-0.2, 0) is 6.54 Å². The summed E-state index contributed by atoms with van der Waals surface area (Å²) < 4.78 is 6.25. The van der Waals surface area contributed by atoms with Gasteiger partial charge < -0.3 is 4.74 Å². The molecule has 26 heavy (non-hydrogen) atoms. The van der Waals surface area contributed by atoms with Crippen LogP contribution in [0.1, 0.15) is 19.4 Å². The van der Waals surface area contributed by atoms with Crippen LogP contribution in [0.25, 0.3) is 10.8 Å². The summed E-state index contributed by atoms with van der Waals surface area (Å²) in [6.45, 7) is 7.42. The van der Waals surface area contributed by atoms with Crippen molar-refractivity contribution in [3.63, 3.8) is 0 Å². The molecule has 134 valence electrons. The summed E-state index contributed by atoms with van der Waals surface area (Å²) in [5, 5.41) is 2.90. The molecule has 3 heteroatoms. The van der Waals surface area contributed by atoms with Gasteiger partial charge >= 0.3 is 0 Å². The highest BCUT2D eigenvalue weighted by atomic mass is 32.2. The minimum atomic E-state index is 0.128. The summed E-state index contributed by atoms with van der Waals surface area (Å²) in [6.07, 6.45) is 0. The minimum Gasteiger partial charge on any atom is -0.492 e. The van der Waals surface area contributed by atoms with Crippen LogP contribution >= 0.6 is 11.8 Å². The zero-order chi connectivity index (χ0) is 18.0. The van der Waals surface area contributed by atoms with Crippen molar-refractivity contribution in [3.05, 3.63) is 78.4 Å². The van der Waals surface area contributed by atoms with E-state index in [9.17, 15) is 0 Å². The largest absolute Gasteiger partial charge is 0.492 e. The molecule has 0 bridgehead atoms. The minimum absolute atomic E-state index is 0.128. The molecule has 0 unspecified atom stereocenters. The molecular weight excluding hydrogens is 338 g/mol. The van der Waals surface area contributed by atoms with Crippen LogP contribution in [0.2, 0.25) is 0 Å². The molecule has 4 rings (SSSR count). The van der Waals surface area contributed by atoms with Crippen molar-refractivity contribution < 1.29 is 4.74 Å². The van der Waals surface area contributed by atoms with Crippen molar-refractivity contribution >= 4 is 22.5 Å². The fourth-order valence-electron chi connectivity index (χ4n) is 3.64. The average Bonchev–Trinajstić information content (AvgIpc) is 2.94. The number of fused-ring (bicyclic) bond motifs is 1. The third kappa shape index (κ3) is 3.74. The smallest absolute Gasteiger partial charge is 0.127 e. The Hall–Kier alpha value is -1.97. The van der Waals surface area contributed by atoms with E-state index in [4.69, 9.17) is 4.74 Å². The van der Waals surface area contributed by atoms with Gasteiger partial charge in [0.05, 0.1) is 10.1 Å². The van der Waals surface area contributed by atoms with Gasteiger partial charge in [0.2, 0.25) is 0 Å². The molecule has 2 nitrogen and oxygen atoms in total. The molecule has 3 aromatic carbocycles. The number of benzene rings is 3. The normalized spacial score (nSPS) is 19.7. The molecule has 0 spiro atoms. The highest BCUT2D eigenvalue weighted by Gasteiger charge is 2.39. The van der Waals surface area contributed by atoms with Crippen LogP contribution in [0, 0.1) is 0 Å². The standard InChI is InChI=1S/C23H25NOS/c1-23(2)24(15-18-9-4-3-5-10-18)16-20(26-23)17-25-22-14-8-12-19-11-6-7-13-21(19)22/h3-14,20H,15-17H2,1-2H3/t20-/m0/s1. The van der Waals surface area contributed by atoms with Crippen LogP contribution in [0.5, 0.6) is 5.75 Å². The van der Waals surface area contributed by atoms with Crippen LogP contribution in [0.15, 0.2) is 72.8 Å². The molecule has 1 fully saturated rings. The third-order valence-electron chi connectivity index (χ3n) is 5.03. The second-order valence-electron chi connectivity index (χ2n) is 7.34. The highest BCUT2D eigenvalue weighted by Crippen LogP contribution is 2.41. The summed E-state index contributed by atoms with van der Waals surface area (Å²) in [4.78, 5) is 2.69. The van der Waals surface area contributed by atoms with E-state index in [1.807, 2.05) is 11.8 Å². The van der Waals surface area contributed by atoms with Crippen molar-refractivity contribution in [2.24, 2.45) is 0 Å². The van der Waals surface area contributed by atoms with Gasteiger partial charge in [-0.15, -0.1) is 11.8 Å². The van der Waals surface area contributed by atoms with Gasteiger partial charge in [0.1, 0.15) is 12.4 Å². The van der Waals surface area contributed by atoms with Crippen molar-refractivity contribution in [1.29, 1.82) is 0 Å². The lowest BCUT2D eigenvalue weighted by Crippen LogP contribution is -2.36.